The molecule has 4 heteroatoms. The molecule has 0 fully saturated rings. The summed E-state index contributed by atoms with van der Waals surface area (Å²) in [6.45, 7) is 2.12. The summed E-state index contributed by atoms with van der Waals surface area (Å²) in [5.74, 6) is 0.757. The summed E-state index contributed by atoms with van der Waals surface area (Å²) in [5.41, 5.74) is 5.34. The van der Waals surface area contributed by atoms with Crippen molar-refractivity contribution in [1.82, 2.24) is 9.97 Å². The lowest BCUT2D eigenvalue weighted by Gasteiger charge is -2.10. The minimum absolute atomic E-state index is 0. The summed E-state index contributed by atoms with van der Waals surface area (Å²) in [7, 11) is 2.00. The van der Waals surface area contributed by atoms with Gasteiger partial charge < -0.3 is 24.0 Å². The monoisotopic (exact) mass is 439 g/mol. The van der Waals surface area contributed by atoms with Gasteiger partial charge in [-0.3, -0.25) is 0 Å². The number of hydrogen-bond donors (Lipinski definition) is 0. The number of nitrogens with zero attached hydrogens (tertiary/aromatic N) is 3. The molecule has 0 saturated carbocycles. The van der Waals surface area contributed by atoms with Gasteiger partial charge in [0, 0.05) is 28.6 Å². The molecule has 0 amide bonds. The molecule has 0 aliphatic rings. The Kier molecular flexibility index (Phi) is 5.08. The van der Waals surface area contributed by atoms with E-state index in [1.165, 1.54) is 5.56 Å². The molecule has 0 unspecified atom stereocenters. The van der Waals surface area contributed by atoms with Gasteiger partial charge >= 0.3 is 0 Å². The molecule has 4 aromatic rings. The summed E-state index contributed by atoms with van der Waals surface area (Å²) in [6, 6.07) is 20.6. The van der Waals surface area contributed by atoms with Crippen molar-refractivity contribution in [2.75, 3.05) is 0 Å². The number of rotatable bonds is 2. The lowest BCUT2D eigenvalue weighted by Crippen LogP contribution is -3.00. The van der Waals surface area contributed by atoms with Crippen LogP contribution in [0.2, 0.25) is 0 Å². The standard InChI is InChI=1S/C21H18N3.HI/c1-15-7-3-4-8-17(15)20-18-9-5-6-10-19(18)22-21(23-20)16-11-13-24(2)14-12-16;/h3-14H,1-2H3;1H/q+1;/p-1. The van der Waals surface area contributed by atoms with E-state index in [9.17, 15) is 0 Å². The van der Waals surface area contributed by atoms with Crippen molar-refractivity contribution in [3.8, 4) is 22.6 Å². The fourth-order valence-electron chi connectivity index (χ4n) is 2.90. The predicted octanol–water partition coefficient (Wildman–Crippen LogP) is 1.10. The third-order valence-electron chi connectivity index (χ3n) is 4.24. The summed E-state index contributed by atoms with van der Waals surface area (Å²) >= 11 is 0. The second kappa shape index (κ2) is 7.27. The molecule has 2 aromatic carbocycles. The fraction of sp³-hybridized carbons (Fsp3) is 0.0952. The van der Waals surface area contributed by atoms with E-state index in [0.29, 0.717) is 0 Å². The van der Waals surface area contributed by atoms with Crippen LogP contribution in [0.4, 0.5) is 0 Å². The first-order valence-corrected chi connectivity index (χ1v) is 8.01. The van der Waals surface area contributed by atoms with Crippen LogP contribution >= 0.6 is 0 Å². The number of hydrogen-bond acceptors (Lipinski definition) is 2. The van der Waals surface area contributed by atoms with E-state index < -0.39 is 0 Å². The number of para-hydroxylation sites is 1. The normalized spacial score (nSPS) is 10.5. The number of fused-ring (bicyclic) bond motifs is 1. The molecule has 0 spiro atoms. The van der Waals surface area contributed by atoms with Crippen molar-refractivity contribution < 1.29 is 28.5 Å². The smallest absolute Gasteiger partial charge is 0.169 e. The minimum Gasteiger partial charge on any atom is -1.00 e. The average Bonchev–Trinajstić information content (AvgIpc) is 2.62. The number of aromatic nitrogens is 3. The number of halogens is 1. The molecule has 25 heavy (non-hydrogen) atoms. The van der Waals surface area contributed by atoms with Crippen LogP contribution in [0.1, 0.15) is 5.56 Å². The highest BCUT2D eigenvalue weighted by Gasteiger charge is 2.13. The Balaban J connectivity index is 0.00000182. The minimum atomic E-state index is 0. The molecule has 0 aliphatic carbocycles. The molecule has 3 nitrogen and oxygen atoms in total. The molecule has 0 bridgehead atoms. The third-order valence-corrected chi connectivity index (χ3v) is 4.24. The van der Waals surface area contributed by atoms with Crippen LogP contribution in [0.25, 0.3) is 33.5 Å². The van der Waals surface area contributed by atoms with Gasteiger partial charge in [0.1, 0.15) is 7.05 Å². The summed E-state index contributed by atoms with van der Waals surface area (Å²) < 4.78 is 2.01. The summed E-state index contributed by atoms with van der Waals surface area (Å²) in [4.78, 5) is 9.68. The van der Waals surface area contributed by atoms with Gasteiger partial charge in [0.15, 0.2) is 18.2 Å². The van der Waals surface area contributed by atoms with Gasteiger partial charge in [0.25, 0.3) is 0 Å². The van der Waals surface area contributed by atoms with Crippen LogP contribution in [0.3, 0.4) is 0 Å². The van der Waals surface area contributed by atoms with E-state index in [2.05, 4.69) is 37.3 Å². The van der Waals surface area contributed by atoms with Crippen molar-refractivity contribution in [3.63, 3.8) is 0 Å². The highest BCUT2D eigenvalue weighted by molar-refractivity contribution is 5.94. The van der Waals surface area contributed by atoms with Gasteiger partial charge in [-0.25, -0.2) is 14.5 Å². The van der Waals surface area contributed by atoms with Crippen LogP contribution in [0, 0.1) is 6.92 Å². The maximum Gasteiger partial charge on any atom is 0.169 e. The van der Waals surface area contributed by atoms with E-state index in [0.717, 1.165) is 33.5 Å². The Morgan fingerprint density at radius 2 is 1.48 bits per heavy atom. The lowest BCUT2D eigenvalue weighted by molar-refractivity contribution is -0.671. The number of pyridine rings is 1. The van der Waals surface area contributed by atoms with Crippen molar-refractivity contribution >= 4 is 10.9 Å². The molecule has 0 N–H and O–H groups in total. The Morgan fingerprint density at radius 3 is 2.24 bits per heavy atom. The second-order valence-electron chi connectivity index (χ2n) is 5.98. The maximum absolute atomic E-state index is 4.91. The molecular weight excluding hydrogens is 421 g/mol. The summed E-state index contributed by atoms with van der Waals surface area (Å²) in [5, 5.41) is 1.08. The van der Waals surface area contributed by atoms with Crippen molar-refractivity contribution in [2.45, 2.75) is 6.92 Å². The Morgan fingerprint density at radius 1 is 0.800 bits per heavy atom. The van der Waals surface area contributed by atoms with Gasteiger partial charge in [0.2, 0.25) is 0 Å². The predicted molar refractivity (Wildman–Crippen MR) is 96.3 cm³/mol. The molecular formula is C21H18IN3. The van der Waals surface area contributed by atoms with Gasteiger partial charge in [-0.15, -0.1) is 0 Å². The van der Waals surface area contributed by atoms with Crippen molar-refractivity contribution in [2.24, 2.45) is 7.05 Å². The first-order chi connectivity index (χ1) is 11.7. The molecule has 124 valence electrons. The number of benzene rings is 2. The first kappa shape index (κ1) is 17.5. The van der Waals surface area contributed by atoms with Crippen LogP contribution in [-0.2, 0) is 7.05 Å². The van der Waals surface area contributed by atoms with Crippen LogP contribution in [0.5, 0.6) is 0 Å². The van der Waals surface area contributed by atoms with E-state index >= 15 is 0 Å². The maximum atomic E-state index is 4.91. The first-order valence-electron chi connectivity index (χ1n) is 8.01. The fourth-order valence-corrected chi connectivity index (χ4v) is 2.90. The zero-order chi connectivity index (χ0) is 16.5. The highest BCUT2D eigenvalue weighted by atomic mass is 127. The Hall–Kier alpha value is -2.34. The average molecular weight is 439 g/mol. The zero-order valence-electron chi connectivity index (χ0n) is 14.1. The van der Waals surface area contributed by atoms with Crippen LogP contribution < -0.4 is 28.5 Å². The SMILES string of the molecule is Cc1ccccc1-c1nc(-c2cc[n+](C)cc2)nc2ccccc12.[I-]. The van der Waals surface area contributed by atoms with Gasteiger partial charge in [-0.2, -0.15) is 0 Å². The van der Waals surface area contributed by atoms with Gasteiger partial charge in [0.05, 0.1) is 11.2 Å². The zero-order valence-corrected chi connectivity index (χ0v) is 16.3. The quantitative estimate of drug-likeness (QED) is 0.346. The van der Waals surface area contributed by atoms with E-state index in [4.69, 9.17) is 9.97 Å². The largest absolute Gasteiger partial charge is 1.00 e. The number of aryl methyl sites for hydroxylation is 2. The molecule has 4 rings (SSSR count). The van der Waals surface area contributed by atoms with Crippen LogP contribution in [-0.4, -0.2) is 9.97 Å². The Labute approximate surface area is 164 Å². The lowest BCUT2D eigenvalue weighted by atomic mass is 10.0. The molecule has 0 aliphatic heterocycles. The molecule has 2 heterocycles. The van der Waals surface area contributed by atoms with Gasteiger partial charge in [-0.1, -0.05) is 42.5 Å². The molecule has 0 radical (unpaired) electrons. The van der Waals surface area contributed by atoms with Crippen LogP contribution in [0.15, 0.2) is 73.1 Å². The highest BCUT2D eigenvalue weighted by Crippen LogP contribution is 2.30. The molecule has 0 atom stereocenters. The van der Waals surface area contributed by atoms with Crippen molar-refractivity contribution in [3.05, 3.63) is 78.6 Å². The van der Waals surface area contributed by atoms with E-state index in [1.54, 1.807) is 0 Å². The third kappa shape index (κ3) is 3.39. The van der Waals surface area contributed by atoms with E-state index in [-0.39, 0.29) is 24.0 Å². The topological polar surface area (TPSA) is 29.7 Å². The Bertz CT molecular complexity index is 1030. The summed E-state index contributed by atoms with van der Waals surface area (Å²) in [6.07, 6.45) is 4.03. The second-order valence-corrected chi connectivity index (χ2v) is 5.98. The van der Waals surface area contributed by atoms with Crippen molar-refractivity contribution in [1.29, 1.82) is 0 Å². The molecule has 2 aromatic heterocycles. The molecule has 0 saturated heterocycles. The van der Waals surface area contributed by atoms with E-state index in [1.807, 2.05) is 54.3 Å². The van der Waals surface area contributed by atoms with Gasteiger partial charge in [-0.05, 0) is 18.6 Å².